The van der Waals surface area contributed by atoms with Gasteiger partial charge in [-0.3, -0.25) is 4.79 Å². The van der Waals surface area contributed by atoms with Crippen LogP contribution in [0.4, 0.5) is 4.39 Å². The van der Waals surface area contributed by atoms with Gasteiger partial charge in [0.25, 0.3) is 0 Å². The van der Waals surface area contributed by atoms with E-state index < -0.39 is 0 Å². The van der Waals surface area contributed by atoms with E-state index >= 15 is 0 Å². The molecule has 2 rings (SSSR count). The van der Waals surface area contributed by atoms with E-state index in [4.69, 9.17) is 0 Å². The molecule has 1 aliphatic carbocycles. The number of ketones is 1. The van der Waals surface area contributed by atoms with Crippen molar-refractivity contribution in [2.75, 3.05) is 0 Å². The lowest BCUT2D eigenvalue weighted by atomic mass is 9.87. The molecule has 1 unspecified atom stereocenters. The summed E-state index contributed by atoms with van der Waals surface area (Å²) in [5.41, 5.74) is 1.88. The van der Waals surface area contributed by atoms with Crippen LogP contribution in [0.3, 0.4) is 0 Å². The normalized spacial score (nSPS) is 19.9. The number of aryl methyl sites for hydroxylation is 1. The summed E-state index contributed by atoms with van der Waals surface area (Å²) >= 11 is 0. The van der Waals surface area contributed by atoms with Crippen LogP contribution in [0.15, 0.2) is 29.8 Å². The van der Waals surface area contributed by atoms with Crippen molar-refractivity contribution in [3.8, 4) is 0 Å². The molecule has 0 aliphatic heterocycles. The first kappa shape index (κ1) is 12.0. The van der Waals surface area contributed by atoms with Crippen LogP contribution in [0.25, 0.3) is 0 Å². The molecule has 1 nitrogen and oxygen atoms in total. The van der Waals surface area contributed by atoms with E-state index in [2.05, 4.69) is 6.92 Å². The Hall–Kier alpha value is -1.44. The van der Waals surface area contributed by atoms with Crippen LogP contribution in [0.5, 0.6) is 0 Å². The molecule has 0 amide bonds. The third-order valence-corrected chi connectivity index (χ3v) is 3.40. The second kappa shape index (κ2) is 4.82. The molecule has 0 fully saturated rings. The number of halogens is 1. The van der Waals surface area contributed by atoms with Crippen LogP contribution in [0.2, 0.25) is 0 Å². The van der Waals surface area contributed by atoms with Gasteiger partial charge in [0.05, 0.1) is 0 Å². The molecule has 0 aromatic heterocycles. The summed E-state index contributed by atoms with van der Waals surface area (Å²) in [5, 5.41) is 0. The largest absolute Gasteiger partial charge is 0.289 e. The summed E-state index contributed by atoms with van der Waals surface area (Å²) in [6.45, 7) is 3.88. The van der Waals surface area contributed by atoms with Crippen molar-refractivity contribution in [1.82, 2.24) is 0 Å². The predicted octanol–water partition coefficient (Wildman–Crippen LogP) is 4.06. The van der Waals surface area contributed by atoms with Gasteiger partial charge in [0.1, 0.15) is 5.82 Å². The Kier molecular flexibility index (Phi) is 3.41. The summed E-state index contributed by atoms with van der Waals surface area (Å²) in [7, 11) is 0. The maximum atomic E-state index is 13.4. The molecule has 0 saturated heterocycles. The minimum Gasteiger partial charge on any atom is -0.289 e. The quantitative estimate of drug-likeness (QED) is 0.703. The molecule has 1 aromatic rings. The van der Waals surface area contributed by atoms with Crippen LogP contribution in [0, 0.1) is 18.7 Å². The second-order valence-corrected chi connectivity index (χ2v) is 4.90. The molecule has 2 heteroatoms. The standard InChI is InChI=1S/C15H17FO/c1-10-3-6-12(7-4-10)15(17)13-8-5-11(2)14(16)9-13/h5-6,8-10H,3-4,7H2,1-2H3. The van der Waals surface area contributed by atoms with Gasteiger partial charge in [-0.1, -0.05) is 25.1 Å². The van der Waals surface area contributed by atoms with Gasteiger partial charge in [-0.2, -0.15) is 0 Å². The Morgan fingerprint density at radius 2 is 2.18 bits per heavy atom. The maximum absolute atomic E-state index is 13.4. The molecule has 0 heterocycles. The zero-order valence-electron chi connectivity index (χ0n) is 10.3. The van der Waals surface area contributed by atoms with Gasteiger partial charge in [-0.25, -0.2) is 4.39 Å². The van der Waals surface area contributed by atoms with E-state index in [0.29, 0.717) is 17.0 Å². The Morgan fingerprint density at radius 1 is 1.41 bits per heavy atom. The number of hydrogen-bond acceptors (Lipinski definition) is 1. The molecule has 1 aliphatic rings. The van der Waals surface area contributed by atoms with Crippen LogP contribution >= 0.6 is 0 Å². The first-order valence-corrected chi connectivity index (χ1v) is 6.08. The Labute approximate surface area is 101 Å². The fourth-order valence-electron chi connectivity index (χ4n) is 2.09. The van der Waals surface area contributed by atoms with Crippen molar-refractivity contribution in [1.29, 1.82) is 0 Å². The van der Waals surface area contributed by atoms with Crippen molar-refractivity contribution in [2.24, 2.45) is 5.92 Å². The third-order valence-electron chi connectivity index (χ3n) is 3.40. The van der Waals surface area contributed by atoms with E-state index in [1.54, 1.807) is 19.1 Å². The first-order chi connectivity index (χ1) is 8.08. The Bertz CT molecular complexity index is 474. The van der Waals surface area contributed by atoms with Crippen molar-refractivity contribution in [2.45, 2.75) is 33.1 Å². The number of hydrogen-bond donors (Lipinski definition) is 0. The number of benzene rings is 1. The number of allylic oxidation sites excluding steroid dienone is 2. The topological polar surface area (TPSA) is 17.1 Å². The molecule has 1 atom stereocenters. The average Bonchev–Trinajstić information content (AvgIpc) is 2.33. The number of carbonyl (C=O) groups excluding carboxylic acids is 1. The SMILES string of the molecule is Cc1ccc(C(=O)C2=CCC(C)CC2)cc1F. The Morgan fingerprint density at radius 3 is 2.76 bits per heavy atom. The van der Waals surface area contributed by atoms with E-state index in [1.165, 1.54) is 6.07 Å². The highest BCUT2D eigenvalue weighted by Gasteiger charge is 2.17. The van der Waals surface area contributed by atoms with E-state index in [9.17, 15) is 9.18 Å². The minimum atomic E-state index is -0.305. The van der Waals surface area contributed by atoms with Crippen molar-refractivity contribution >= 4 is 5.78 Å². The fraction of sp³-hybridized carbons (Fsp3) is 0.400. The highest BCUT2D eigenvalue weighted by Crippen LogP contribution is 2.25. The molecular formula is C15H17FO. The second-order valence-electron chi connectivity index (χ2n) is 4.90. The molecule has 0 bridgehead atoms. The molecule has 90 valence electrons. The molecule has 1 aromatic carbocycles. The van der Waals surface area contributed by atoms with Gasteiger partial charge in [0.2, 0.25) is 0 Å². The fourth-order valence-corrected chi connectivity index (χ4v) is 2.09. The molecular weight excluding hydrogens is 215 g/mol. The number of Topliss-reactive ketones (excluding diaryl/α,β-unsaturated/α-hetero) is 1. The van der Waals surface area contributed by atoms with Gasteiger partial charge >= 0.3 is 0 Å². The summed E-state index contributed by atoms with van der Waals surface area (Å²) < 4.78 is 13.4. The van der Waals surface area contributed by atoms with E-state index in [-0.39, 0.29) is 11.6 Å². The maximum Gasteiger partial charge on any atom is 0.188 e. The van der Waals surface area contributed by atoms with Crippen LogP contribution in [-0.4, -0.2) is 5.78 Å². The first-order valence-electron chi connectivity index (χ1n) is 6.08. The number of carbonyl (C=O) groups is 1. The predicted molar refractivity (Wildman–Crippen MR) is 66.6 cm³/mol. The monoisotopic (exact) mass is 232 g/mol. The van der Waals surface area contributed by atoms with Gasteiger partial charge < -0.3 is 0 Å². The van der Waals surface area contributed by atoms with Gasteiger partial charge in [-0.15, -0.1) is 0 Å². The third kappa shape index (κ3) is 2.63. The minimum absolute atomic E-state index is 0.0178. The van der Waals surface area contributed by atoms with E-state index in [0.717, 1.165) is 24.8 Å². The highest BCUT2D eigenvalue weighted by atomic mass is 19.1. The lowest BCUT2D eigenvalue weighted by Crippen LogP contribution is -2.10. The summed E-state index contributed by atoms with van der Waals surface area (Å²) in [6.07, 6.45) is 4.82. The Balaban J connectivity index is 2.22. The average molecular weight is 232 g/mol. The summed E-state index contributed by atoms with van der Waals surface area (Å²) in [5.74, 6) is 0.331. The highest BCUT2D eigenvalue weighted by molar-refractivity contribution is 6.08. The molecule has 0 radical (unpaired) electrons. The lowest BCUT2D eigenvalue weighted by Gasteiger charge is -2.17. The molecule has 0 N–H and O–H groups in total. The van der Waals surface area contributed by atoms with Gasteiger partial charge in [0, 0.05) is 5.56 Å². The van der Waals surface area contributed by atoms with Crippen molar-refractivity contribution < 1.29 is 9.18 Å². The van der Waals surface area contributed by atoms with Gasteiger partial charge in [-0.05, 0) is 49.3 Å². The van der Waals surface area contributed by atoms with Gasteiger partial charge in [0.15, 0.2) is 5.78 Å². The smallest absolute Gasteiger partial charge is 0.188 e. The summed E-state index contributed by atoms with van der Waals surface area (Å²) in [4.78, 5) is 12.1. The van der Waals surface area contributed by atoms with Crippen LogP contribution < -0.4 is 0 Å². The van der Waals surface area contributed by atoms with Crippen molar-refractivity contribution in [3.63, 3.8) is 0 Å². The zero-order valence-corrected chi connectivity index (χ0v) is 10.3. The van der Waals surface area contributed by atoms with E-state index in [1.807, 2.05) is 6.08 Å². The van der Waals surface area contributed by atoms with Crippen LogP contribution in [-0.2, 0) is 0 Å². The summed E-state index contributed by atoms with van der Waals surface area (Å²) in [6, 6.07) is 4.71. The number of rotatable bonds is 2. The zero-order chi connectivity index (χ0) is 12.4. The molecule has 0 spiro atoms. The molecule has 17 heavy (non-hydrogen) atoms. The lowest BCUT2D eigenvalue weighted by molar-refractivity contribution is 0.102. The van der Waals surface area contributed by atoms with Crippen LogP contribution in [0.1, 0.15) is 42.1 Å². The van der Waals surface area contributed by atoms with Crippen molar-refractivity contribution in [3.05, 3.63) is 46.8 Å². The molecule has 0 saturated carbocycles.